The molecule has 1 fully saturated rings. The maximum atomic E-state index is 13.7. The van der Waals surface area contributed by atoms with Crippen LogP contribution in [0.25, 0.3) is 0 Å². The van der Waals surface area contributed by atoms with E-state index in [9.17, 15) is 9.18 Å². The Labute approximate surface area is 158 Å². The number of benzene rings is 1. The van der Waals surface area contributed by atoms with Crippen LogP contribution in [0.3, 0.4) is 0 Å². The van der Waals surface area contributed by atoms with Crippen LogP contribution in [0.15, 0.2) is 30.6 Å². The monoisotopic (exact) mass is 382 g/mol. The van der Waals surface area contributed by atoms with E-state index in [-0.39, 0.29) is 42.6 Å². The van der Waals surface area contributed by atoms with Crippen LogP contribution in [0.2, 0.25) is 0 Å². The van der Waals surface area contributed by atoms with Crippen molar-refractivity contribution in [1.82, 2.24) is 20.4 Å². The molecule has 0 unspecified atom stereocenters. The number of aryl methyl sites for hydroxylation is 1. The number of carbonyl (C=O) groups is 1. The van der Waals surface area contributed by atoms with Gasteiger partial charge in [0.15, 0.2) is 0 Å². The summed E-state index contributed by atoms with van der Waals surface area (Å²) in [6.45, 7) is 1.98. The number of aromatic nitrogens is 2. The molecule has 2 heterocycles. The lowest BCUT2D eigenvalue weighted by Crippen LogP contribution is -2.34. The molecule has 2 aromatic rings. The number of rotatable bonds is 6. The Morgan fingerprint density at radius 3 is 2.96 bits per heavy atom. The molecule has 0 aliphatic carbocycles. The van der Waals surface area contributed by atoms with Crippen molar-refractivity contribution < 1.29 is 13.9 Å². The van der Waals surface area contributed by atoms with Gasteiger partial charge in [-0.15, -0.1) is 12.4 Å². The summed E-state index contributed by atoms with van der Waals surface area (Å²) in [6, 6.07) is 4.82. The van der Waals surface area contributed by atoms with Gasteiger partial charge in [-0.2, -0.15) is 5.10 Å². The summed E-state index contributed by atoms with van der Waals surface area (Å²) in [5.41, 5.74) is 2.41. The molecule has 3 rings (SSSR count). The standard InChI is InChI=1S/C18H23FN4O2.ClH/c1-23-10-14(7-22-23)15-8-20-9-16(15)18(24)21-6-12-3-4-17(19)13(5-12)11-25-2;/h3-5,7,10,15-16,20H,6,8-9,11H2,1-2H3,(H,21,24);1H/t15-,16+;/m1./s1. The molecule has 2 N–H and O–H groups in total. The molecule has 8 heteroatoms. The lowest BCUT2D eigenvalue weighted by atomic mass is 9.90. The Bertz CT molecular complexity index is 753. The van der Waals surface area contributed by atoms with Crippen molar-refractivity contribution in [1.29, 1.82) is 0 Å². The number of nitrogens with one attached hydrogen (secondary N) is 2. The summed E-state index contributed by atoms with van der Waals surface area (Å²) < 4.78 is 20.4. The summed E-state index contributed by atoms with van der Waals surface area (Å²) in [7, 11) is 3.40. The summed E-state index contributed by atoms with van der Waals surface area (Å²) in [4.78, 5) is 12.6. The smallest absolute Gasteiger partial charge is 0.225 e. The first-order valence-electron chi connectivity index (χ1n) is 8.31. The van der Waals surface area contributed by atoms with Gasteiger partial charge in [-0.1, -0.05) is 6.07 Å². The van der Waals surface area contributed by atoms with Crippen molar-refractivity contribution in [3.63, 3.8) is 0 Å². The van der Waals surface area contributed by atoms with Crippen molar-refractivity contribution in [3.05, 3.63) is 53.1 Å². The van der Waals surface area contributed by atoms with Gasteiger partial charge < -0.3 is 15.4 Å². The molecule has 1 aromatic heterocycles. The van der Waals surface area contributed by atoms with Gasteiger partial charge in [0, 0.05) is 51.5 Å². The minimum absolute atomic E-state index is 0. The molecule has 2 atom stereocenters. The highest BCUT2D eigenvalue weighted by atomic mass is 35.5. The van der Waals surface area contributed by atoms with Crippen molar-refractivity contribution in [2.24, 2.45) is 13.0 Å². The Morgan fingerprint density at radius 2 is 2.27 bits per heavy atom. The van der Waals surface area contributed by atoms with Crippen LogP contribution in [0.1, 0.15) is 22.6 Å². The van der Waals surface area contributed by atoms with Gasteiger partial charge in [-0.25, -0.2) is 4.39 Å². The fraction of sp³-hybridized carbons (Fsp3) is 0.444. The van der Waals surface area contributed by atoms with Crippen molar-refractivity contribution in [2.45, 2.75) is 19.1 Å². The average Bonchev–Trinajstić information content (AvgIpc) is 3.24. The van der Waals surface area contributed by atoms with Gasteiger partial charge in [0.25, 0.3) is 0 Å². The zero-order valence-corrected chi connectivity index (χ0v) is 15.7. The third-order valence-electron chi connectivity index (χ3n) is 4.58. The van der Waals surface area contributed by atoms with E-state index in [2.05, 4.69) is 15.7 Å². The molecular formula is C18H24ClFN4O2. The van der Waals surface area contributed by atoms with Crippen LogP contribution in [0, 0.1) is 11.7 Å². The molecule has 142 valence electrons. The Kier molecular flexibility index (Phi) is 7.14. The number of hydrogen-bond donors (Lipinski definition) is 2. The largest absolute Gasteiger partial charge is 0.380 e. The third kappa shape index (κ3) is 4.60. The minimum Gasteiger partial charge on any atom is -0.380 e. The maximum Gasteiger partial charge on any atom is 0.225 e. The lowest BCUT2D eigenvalue weighted by molar-refractivity contribution is -0.125. The van der Waals surface area contributed by atoms with Crippen LogP contribution >= 0.6 is 12.4 Å². The Balaban J connectivity index is 0.00000243. The first kappa shape index (κ1) is 20.4. The van der Waals surface area contributed by atoms with E-state index in [1.165, 1.54) is 13.2 Å². The molecular weight excluding hydrogens is 359 g/mol. The fourth-order valence-electron chi connectivity index (χ4n) is 3.26. The predicted octanol–water partition coefficient (Wildman–Crippen LogP) is 1.75. The SMILES string of the molecule is COCc1cc(CNC(=O)[C@H]2CNC[C@@H]2c2cnn(C)c2)ccc1F.Cl. The van der Waals surface area contributed by atoms with E-state index >= 15 is 0 Å². The second-order valence-corrected chi connectivity index (χ2v) is 6.40. The molecule has 6 nitrogen and oxygen atoms in total. The number of hydrogen-bond acceptors (Lipinski definition) is 4. The first-order valence-corrected chi connectivity index (χ1v) is 8.31. The maximum absolute atomic E-state index is 13.7. The van der Waals surface area contributed by atoms with Gasteiger partial charge >= 0.3 is 0 Å². The molecule has 1 aliphatic rings. The summed E-state index contributed by atoms with van der Waals surface area (Å²) in [6.07, 6.45) is 3.77. The molecule has 1 aliphatic heterocycles. The van der Waals surface area contributed by atoms with Gasteiger partial charge in [-0.3, -0.25) is 9.48 Å². The second kappa shape index (κ2) is 9.12. The summed E-state index contributed by atoms with van der Waals surface area (Å²) >= 11 is 0. The Hall–Kier alpha value is -1.96. The number of methoxy groups -OCH3 is 1. The summed E-state index contributed by atoms with van der Waals surface area (Å²) in [5.74, 6) is -0.320. The van der Waals surface area contributed by atoms with E-state index in [0.29, 0.717) is 18.7 Å². The number of carbonyl (C=O) groups excluding carboxylic acids is 1. The molecule has 0 spiro atoms. The van der Waals surface area contributed by atoms with Crippen LogP contribution < -0.4 is 10.6 Å². The van der Waals surface area contributed by atoms with E-state index < -0.39 is 0 Å². The van der Waals surface area contributed by atoms with E-state index in [4.69, 9.17) is 4.74 Å². The number of ether oxygens (including phenoxy) is 1. The molecule has 0 saturated carbocycles. The molecule has 1 aromatic carbocycles. The van der Waals surface area contributed by atoms with Crippen LogP contribution in [-0.4, -0.2) is 35.9 Å². The van der Waals surface area contributed by atoms with Gasteiger partial charge in [0.1, 0.15) is 5.82 Å². The summed E-state index contributed by atoms with van der Waals surface area (Å²) in [5, 5.41) is 10.4. The number of nitrogens with zero attached hydrogens (tertiary/aromatic N) is 2. The molecule has 0 radical (unpaired) electrons. The zero-order valence-electron chi connectivity index (χ0n) is 14.9. The van der Waals surface area contributed by atoms with Crippen molar-refractivity contribution >= 4 is 18.3 Å². The van der Waals surface area contributed by atoms with Crippen LogP contribution in [0.5, 0.6) is 0 Å². The normalized spacial score (nSPS) is 19.2. The quantitative estimate of drug-likeness (QED) is 0.798. The molecule has 1 saturated heterocycles. The van der Waals surface area contributed by atoms with Crippen molar-refractivity contribution in [3.8, 4) is 0 Å². The highest BCUT2D eigenvalue weighted by molar-refractivity contribution is 5.85. The highest BCUT2D eigenvalue weighted by Crippen LogP contribution is 2.28. The van der Waals surface area contributed by atoms with Crippen LogP contribution in [-0.2, 0) is 29.7 Å². The molecule has 1 amide bonds. The molecule has 0 bridgehead atoms. The van der Waals surface area contributed by atoms with Crippen LogP contribution in [0.4, 0.5) is 4.39 Å². The van der Waals surface area contributed by atoms with E-state index in [1.54, 1.807) is 16.8 Å². The van der Waals surface area contributed by atoms with Gasteiger partial charge in [0.2, 0.25) is 5.91 Å². The molecule has 26 heavy (non-hydrogen) atoms. The van der Waals surface area contributed by atoms with Crippen molar-refractivity contribution in [2.75, 3.05) is 20.2 Å². The van der Waals surface area contributed by atoms with E-state index in [1.807, 2.05) is 19.4 Å². The first-order chi connectivity index (χ1) is 12.1. The van der Waals surface area contributed by atoms with E-state index in [0.717, 1.165) is 17.7 Å². The van der Waals surface area contributed by atoms with Gasteiger partial charge in [-0.05, 0) is 23.3 Å². The highest BCUT2D eigenvalue weighted by Gasteiger charge is 2.34. The second-order valence-electron chi connectivity index (χ2n) is 6.40. The number of amides is 1. The Morgan fingerprint density at radius 1 is 1.46 bits per heavy atom. The average molecular weight is 383 g/mol. The fourth-order valence-corrected chi connectivity index (χ4v) is 3.26. The third-order valence-corrected chi connectivity index (χ3v) is 4.58. The number of halogens is 2. The minimum atomic E-state index is -0.298. The predicted molar refractivity (Wildman–Crippen MR) is 98.5 cm³/mol. The lowest BCUT2D eigenvalue weighted by Gasteiger charge is -2.17. The van der Waals surface area contributed by atoms with Gasteiger partial charge in [0.05, 0.1) is 18.7 Å². The topological polar surface area (TPSA) is 68.2 Å². The zero-order chi connectivity index (χ0) is 17.8.